The Morgan fingerprint density at radius 1 is 1.53 bits per heavy atom. The summed E-state index contributed by atoms with van der Waals surface area (Å²) in [5, 5.41) is 6.92. The van der Waals surface area contributed by atoms with Gasteiger partial charge in [-0.3, -0.25) is 4.68 Å². The predicted octanol–water partition coefficient (Wildman–Crippen LogP) is 1.40. The first-order valence-corrected chi connectivity index (χ1v) is 5.78. The van der Waals surface area contributed by atoms with Gasteiger partial charge in [0.1, 0.15) is 0 Å². The molecule has 0 aromatic carbocycles. The average molecular weight is 240 g/mol. The van der Waals surface area contributed by atoms with Crippen molar-refractivity contribution in [3.63, 3.8) is 0 Å². The van der Waals surface area contributed by atoms with E-state index >= 15 is 0 Å². The van der Waals surface area contributed by atoms with Gasteiger partial charge in [-0.1, -0.05) is 0 Å². The maximum atomic E-state index is 11.8. The third-order valence-corrected chi connectivity index (χ3v) is 2.46. The highest BCUT2D eigenvalue weighted by Crippen LogP contribution is 2.06. The van der Waals surface area contributed by atoms with Gasteiger partial charge in [-0.15, -0.1) is 0 Å². The Labute approximate surface area is 102 Å². The van der Waals surface area contributed by atoms with Crippen LogP contribution in [0.25, 0.3) is 0 Å². The number of amides is 2. The fourth-order valence-corrected chi connectivity index (χ4v) is 1.45. The zero-order chi connectivity index (χ0) is 12.7. The second-order valence-electron chi connectivity index (χ2n) is 3.59. The maximum Gasteiger partial charge on any atom is 0.321 e. The smallest absolute Gasteiger partial charge is 0.321 e. The first-order chi connectivity index (χ1) is 8.21. The third-order valence-electron chi connectivity index (χ3n) is 2.46. The molecule has 0 aliphatic heterocycles. The van der Waals surface area contributed by atoms with Crippen LogP contribution in [0.1, 0.15) is 13.8 Å². The Balaban J connectivity index is 2.51. The average Bonchev–Trinajstić information content (AvgIpc) is 2.75. The molecular formula is C11H20N4O2. The van der Waals surface area contributed by atoms with Gasteiger partial charge in [-0.25, -0.2) is 4.79 Å². The van der Waals surface area contributed by atoms with Crippen molar-refractivity contribution in [3.05, 3.63) is 12.4 Å². The number of ether oxygens (including phenoxy) is 1. The highest BCUT2D eigenvalue weighted by atomic mass is 16.5. The van der Waals surface area contributed by atoms with Crippen molar-refractivity contribution in [2.24, 2.45) is 0 Å². The minimum atomic E-state index is -0.0960. The molecule has 1 rings (SSSR count). The van der Waals surface area contributed by atoms with Crippen LogP contribution in [-0.4, -0.2) is 47.5 Å². The molecule has 0 aliphatic carbocycles. The topological polar surface area (TPSA) is 59.4 Å². The lowest BCUT2D eigenvalue weighted by Crippen LogP contribution is -2.34. The fraction of sp³-hybridized carbons (Fsp3) is 0.636. The zero-order valence-electron chi connectivity index (χ0n) is 10.6. The largest absolute Gasteiger partial charge is 0.383 e. The van der Waals surface area contributed by atoms with E-state index in [0.29, 0.717) is 31.9 Å². The Bertz CT molecular complexity index is 347. The molecule has 0 bridgehead atoms. The Kier molecular flexibility index (Phi) is 5.48. The van der Waals surface area contributed by atoms with E-state index in [1.807, 2.05) is 13.8 Å². The van der Waals surface area contributed by atoms with Crippen molar-refractivity contribution in [3.8, 4) is 0 Å². The van der Waals surface area contributed by atoms with E-state index in [4.69, 9.17) is 4.74 Å². The summed E-state index contributed by atoms with van der Waals surface area (Å²) >= 11 is 0. The normalized spacial score (nSPS) is 10.3. The number of hydrogen-bond donors (Lipinski definition) is 1. The van der Waals surface area contributed by atoms with Gasteiger partial charge in [0.15, 0.2) is 0 Å². The van der Waals surface area contributed by atoms with Crippen LogP contribution in [-0.2, 0) is 11.3 Å². The quantitative estimate of drug-likeness (QED) is 0.817. The molecule has 1 aromatic heterocycles. The van der Waals surface area contributed by atoms with E-state index in [1.54, 1.807) is 29.1 Å². The van der Waals surface area contributed by atoms with Crippen LogP contribution in [0.4, 0.5) is 10.5 Å². The van der Waals surface area contributed by atoms with Crippen LogP contribution < -0.4 is 5.32 Å². The number of nitrogens with zero attached hydrogens (tertiary/aromatic N) is 3. The number of nitrogens with one attached hydrogen (secondary N) is 1. The molecule has 2 amide bonds. The van der Waals surface area contributed by atoms with Gasteiger partial charge in [0.05, 0.1) is 25.0 Å². The SMILES string of the molecule is CCN(CC)C(=O)Nc1cnn(CCOC)c1. The molecule has 0 aliphatic rings. The maximum absolute atomic E-state index is 11.8. The number of aromatic nitrogens is 2. The number of anilines is 1. The Morgan fingerprint density at radius 2 is 2.24 bits per heavy atom. The predicted molar refractivity (Wildman–Crippen MR) is 66.0 cm³/mol. The molecule has 0 saturated heterocycles. The molecule has 96 valence electrons. The molecule has 0 saturated carbocycles. The van der Waals surface area contributed by atoms with E-state index < -0.39 is 0 Å². The molecule has 0 spiro atoms. The molecule has 6 nitrogen and oxygen atoms in total. The van der Waals surface area contributed by atoms with Crippen molar-refractivity contribution in [2.45, 2.75) is 20.4 Å². The first kappa shape index (κ1) is 13.5. The fourth-order valence-electron chi connectivity index (χ4n) is 1.45. The molecule has 0 atom stereocenters. The molecular weight excluding hydrogens is 220 g/mol. The summed E-state index contributed by atoms with van der Waals surface area (Å²) in [5.41, 5.74) is 0.706. The number of carbonyl (C=O) groups excluding carboxylic acids is 1. The Morgan fingerprint density at radius 3 is 2.82 bits per heavy atom. The van der Waals surface area contributed by atoms with E-state index in [0.717, 1.165) is 0 Å². The lowest BCUT2D eigenvalue weighted by Gasteiger charge is -2.18. The van der Waals surface area contributed by atoms with Crippen LogP contribution >= 0.6 is 0 Å². The van der Waals surface area contributed by atoms with Crippen molar-refractivity contribution in [1.82, 2.24) is 14.7 Å². The molecule has 0 fully saturated rings. The summed E-state index contributed by atoms with van der Waals surface area (Å²) in [5.74, 6) is 0. The Hall–Kier alpha value is -1.56. The number of methoxy groups -OCH3 is 1. The van der Waals surface area contributed by atoms with Gasteiger partial charge in [-0.2, -0.15) is 5.10 Å². The summed E-state index contributed by atoms with van der Waals surface area (Å²) in [6.07, 6.45) is 3.43. The molecule has 6 heteroatoms. The number of hydrogen-bond acceptors (Lipinski definition) is 3. The van der Waals surface area contributed by atoms with Gasteiger partial charge < -0.3 is 15.0 Å². The van der Waals surface area contributed by atoms with Gasteiger partial charge in [0.2, 0.25) is 0 Å². The van der Waals surface area contributed by atoms with Gasteiger partial charge in [-0.05, 0) is 13.8 Å². The second-order valence-corrected chi connectivity index (χ2v) is 3.59. The minimum Gasteiger partial charge on any atom is -0.383 e. The number of urea groups is 1. The summed E-state index contributed by atoms with van der Waals surface area (Å²) in [4.78, 5) is 13.5. The standard InChI is InChI=1S/C11H20N4O2/c1-4-14(5-2)11(16)13-10-8-12-15(9-10)6-7-17-3/h8-9H,4-7H2,1-3H3,(H,13,16). The highest BCUT2D eigenvalue weighted by Gasteiger charge is 2.10. The lowest BCUT2D eigenvalue weighted by molar-refractivity contribution is 0.183. The van der Waals surface area contributed by atoms with E-state index in [-0.39, 0.29) is 6.03 Å². The monoisotopic (exact) mass is 240 g/mol. The van der Waals surface area contributed by atoms with Crippen molar-refractivity contribution in [2.75, 3.05) is 32.1 Å². The molecule has 1 N–H and O–H groups in total. The molecule has 0 radical (unpaired) electrons. The van der Waals surface area contributed by atoms with Crippen LogP contribution in [0.5, 0.6) is 0 Å². The van der Waals surface area contributed by atoms with Gasteiger partial charge >= 0.3 is 6.03 Å². The minimum absolute atomic E-state index is 0.0960. The number of carbonyl (C=O) groups is 1. The van der Waals surface area contributed by atoms with Crippen molar-refractivity contribution < 1.29 is 9.53 Å². The third kappa shape index (κ3) is 4.07. The van der Waals surface area contributed by atoms with Crippen LogP contribution in [0.15, 0.2) is 12.4 Å². The van der Waals surface area contributed by atoms with Gasteiger partial charge in [0.25, 0.3) is 0 Å². The molecule has 1 heterocycles. The van der Waals surface area contributed by atoms with Crippen LogP contribution in [0.3, 0.4) is 0 Å². The van der Waals surface area contributed by atoms with E-state index in [2.05, 4.69) is 10.4 Å². The van der Waals surface area contributed by atoms with Crippen molar-refractivity contribution >= 4 is 11.7 Å². The molecule has 1 aromatic rings. The second kappa shape index (κ2) is 6.90. The molecule has 0 unspecified atom stereocenters. The van der Waals surface area contributed by atoms with E-state index in [9.17, 15) is 4.79 Å². The summed E-state index contributed by atoms with van der Waals surface area (Å²) in [7, 11) is 1.65. The first-order valence-electron chi connectivity index (χ1n) is 5.78. The summed E-state index contributed by atoms with van der Waals surface area (Å²) in [6.45, 7) is 6.57. The summed E-state index contributed by atoms with van der Waals surface area (Å²) < 4.78 is 6.69. The van der Waals surface area contributed by atoms with Crippen LogP contribution in [0.2, 0.25) is 0 Å². The van der Waals surface area contributed by atoms with Gasteiger partial charge in [0, 0.05) is 26.4 Å². The lowest BCUT2D eigenvalue weighted by atomic mass is 10.5. The highest BCUT2D eigenvalue weighted by molar-refractivity contribution is 5.88. The zero-order valence-corrected chi connectivity index (χ0v) is 10.6. The summed E-state index contributed by atoms with van der Waals surface area (Å²) in [6, 6.07) is -0.0960. The van der Waals surface area contributed by atoms with Crippen molar-refractivity contribution in [1.29, 1.82) is 0 Å². The molecule has 17 heavy (non-hydrogen) atoms. The van der Waals surface area contributed by atoms with Crippen LogP contribution in [0, 0.1) is 0 Å². The van der Waals surface area contributed by atoms with E-state index in [1.165, 1.54) is 0 Å². The number of rotatable bonds is 6.